The van der Waals surface area contributed by atoms with Crippen LogP contribution in [-0.4, -0.2) is 16.8 Å². The van der Waals surface area contributed by atoms with E-state index in [1.165, 1.54) is 22.4 Å². The van der Waals surface area contributed by atoms with E-state index in [0.29, 0.717) is 0 Å². The zero-order valence-electron chi connectivity index (χ0n) is 11.9. The van der Waals surface area contributed by atoms with Gasteiger partial charge in [-0.15, -0.1) is 0 Å². The zero-order valence-corrected chi connectivity index (χ0v) is 13.5. The van der Waals surface area contributed by atoms with E-state index in [-0.39, 0.29) is 6.04 Å². The Morgan fingerprint density at radius 3 is 2.68 bits per heavy atom. The fraction of sp³-hybridized carbons (Fsp3) is 0.400. The third-order valence-electron chi connectivity index (χ3n) is 3.43. The minimum Gasteiger partial charge on any atom is -0.308 e. The minimum atomic E-state index is 0.150. The molecule has 0 amide bonds. The van der Waals surface area contributed by atoms with E-state index in [1.54, 1.807) is 0 Å². The van der Waals surface area contributed by atoms with Crippen LogP contribution in [0.5, 0.6) is 0 Å². The predicted octanol–water partition coefficient (Wildman–Crippen LogP) is 3.59. The van der Waals surface area contributed by atoms with Gasteiger partial charge in [-0.2, -0.15) is 5.10 Å². The average Bonchev–Trinajstić information content (AvgIpc) is 2.74. The number of nitrogens with one attached hydrogen (secondary N) is 1. The molecule has 102 valence electrons. The first-order chi connectivity index (χ1) is 9.08. The molecule has 4 heteroatoms. The topological polar surface area (TPSA) is 29.9 Å². The maximum absolute atomic E-state index is 4.41. The van der Waals surface area contributed by atoms with Crippen LogP contribution in [0.1, 0.15) is 35.3 Å². The van der Waals surface area contributed by atoms with E-state index < -0.39 is 0 Å². The number of hydrogen-bond acceptors (Lipinski definition) is 2. The van der Waals surface area contributed by atoms with Crippen molar-refractivity contribution in [1.29, 1.82) is 0 Å². The van der Waals surface area contributed by atoms with Gasteiger partial charge in [0, 0.05) is 6.54 Å². The van der Waals surface area contributed by atoms with Crippen molar-refractivity contribution in [2.45, 2.75) is 33.4 Å². The predicted molar refractivity (Wildman–Crippen MR) is 82.4 cm³/mol. The van der Waals surface area contributed by atoms with Gasteiger partial charge in [-0.1, -0.05) is 23.8 Å². The molecule has 3 nitrogen and oxygen atoms in total. The number of aromatic nitrogens is 2. The van der Waals surface area contributed by atoms with Gasteiger partial charge in [-0.3, -0.25) is 4.68 Å². The summed E-state index contributed by atoms with van der Waals surface area (Å²) in [6.45, 7) is 7.26. The highest BCUT2D eigenvalue weighted by Crippen LogP contribution is 2.30. The summed E-state index contributed by atoms with van der Waals surface area (Å²) < 4.78 is 3.08. The number of hydrogen-bond donors (Lipinski definition) is 1. The Bertz CT molecular complexity index is 575. The van der Waals surface area contributed by atoms with Crippen LogP contribution in [0.2, 0.25) is 0 Å². The molecule has 1 unspecified atom stereocenters. The van der Waals surface area contributed by atoms with Gasteiger partial charge in [-0.05, 0) is 54.9 Å². The Morgan fingerprint density at radius 2 is 2.11 bits per heavy atom. The van der Waals surface area contributed by atoms with Crippen molar-refractivity contribution < 1.29 is 0 Å². The molecule has 1 heterocycles. The zero-order chi connectivity index (χ0) is 14.0. The second-order valence-corrected chi connectivity index (χ2v) is 5.63. The molecule has 0 fully saturated rings. The lowest BCUT2D eigenvalue weighted by molar-refractivity contribution is 0.560. The molecule has 0 radical (unpaired) electrons. The molecule has 0 saturated heterocycles. The molecule has 1 aromatic carbocycles. The third kappa shape index (κ3) is 2.74. The summed E-state index contributed by atoms with van der Waals surface area (Å²) in [7, 11) is 1.99. The quantitative estimate of drug-likeness (QED) is 0.932. The molecule has 1 aromatic heterocycles. The summed E-state index contributed by atoms with van der Waals surface area (Å²) in [4.78, 5) is 0. The summed E-state index contributed by atoms with van der Waals surface area (Å²) in [5.41, 5.74) is 5.07. The highest BCUT2D eigenvalue weighted by atomic mass is 79.9. The van der Waals surface area contributed by atoms with Gasteiger partial charge in [0.25, 0.3) is 0 Å². The summed E-state index contributed by atoms with van der Waals surface area (Å²) >= 11 is 3.61. The van der Waals surface area contributed by atoms with Crippen LogP contribution in [0.4, 0.5) is 0 Å². The fourth-order valence-electron chi connectivity index (χ4n) is 2.50. The van der Waals surface area contributed by atoms with Crippen LogP contribution >= 0.6 is 15.9 Å². The highest BCUT2D eigenvalue weighted by molar-refractivity contribution is 9.10. The molecule has 2 aromatic rings. The Kier molecular flexibility index (Phi) is 4.42. The SMILES string of the molecule is CCn1ncc(Br)c1C(NC)c1ccc(C)cc1C. The molecule has 0 bridgehead atoms. The molecule has 0 aliphatic heterocycles. The number of halogens is 1. The average molecular weight is 322 g/mol. The standard InChI is InChI=1S/C15H20BrN3/c1-5-19-15(13(16)9-18-19)14(17-4)12-7-6-10(2)8-11(12)3/h6-9,14,17H,5H2,1-4H3. The van der Waals surface area contributed by atoms with E-state index in [1.807, 2.05) is 17.9 Å². The van der Waals surface area contributed by atoms with Gasteiger partial charge in [0.1, 0.15) is 0 Å². The molecule has 0 aliphatic carbocycles. The van der Waals surface area contributed by atoms with E-state index in [4.69, 9.17) is 0 Å². The summed E-state index contributed by atoms with van der Waals surface area (Å²) in [6.07, 6.45) is 1.87. The Hall–Kier alpha value is -1.13. The molecule has 1 N–H and O–H groups in total. The smallest absolute Gasteiger partial charge is 0.0760 e. The van der Waals surface area contributed by atoms with Crippen molar-refractivity contribution in [3.63, 3.8) is 0 Å². The van der Waals surface area contributed by atoms with E-state index in [9.17, 15) is 0 Å². The van der Waals surface area contributed by atoms with Crippen LogP contribution in [-0.2, 0) is 6.54 Å². The lowest BCUT2D eigenvalue weighted by Gasteiger charge is -2.21. The van der Waals surface area contributed by atoms with Crippen LogP contribution in [0.25, 0.3) is 0 Å². The molecular weight excluding hydrogens is 302 g/mol. The van der Waals surface area contributed by atoms with E-state index >= 15 is 0 Å². The van der Waals surface area contributed by atoms with Crippen LogP contribution in [0.3, 0.4) is 0 Å². The first kappa shape index (κ1) is 14.3. The van der Waals surface area contributed by atoms with Gasteiger partial charge in [0.05, 0.1) is 22.4 Å². The summed E-state index contributed by atoms with van der Waals surface area (Å²) in [6, 6.07) is 6.73. The Morgan fingerprint density at radius 1 is 1.37 bits per heavy atom. The Labute approximate surface area is 123 Å². The van der Waals surface area contributed by atoms with Gasteiger partial charge < -0.3 is 5.32 Å². The normalized spacial score (nSPS) is 12.7. The van der Waals surface area contributed by atoms with Gasteiger partial charge >= 0.3 is 0 Å². The van der Waals surface area contributed by atoms with Crippen LogP contribution < -0.4 is 5.32 Å². The van der Waals surface area contributed by atoms with Crippen molar-refractivity contribution in [2.24, 2.45) is 0 Å². The van der Waals surface area contributed by atoms with E-state index in [0.717, 1.165) is 11.0 Å². The van der Waals surface area contributed by atoms with Crippen molar-refractivity contribution in [1.82, 2.24) is 15.1 Å². The molecule has 0 spiro atoms. The third-order valence-corrected chi connectivity index (χ3v) is 4.04. The van der Waals surface area contributed by atoms with Crippen molar-refractivity contribution in [3.8, 4) is 0 Å². The lowest BCUT2D eigenvalue weighted by Crippen LogP contribution is -2.22. The first-order valence-electron chi connectivity index (χ1n) is 6.54. The van der Waals surface area contributed by atoms with Crippen molar-refractivity contribution in [3.05, 3.63) is 51.3 Å². The number of rotatable bonds is 4. The summed E-state index contributed by atoms with van der Waals surface area (Å²) in [5, 5.41) is 7.81. The molecule has 19 heavy (non-hydrogen) atoms. The fourth-order valence-corrected chi connectivity index (χ4v) is 3.03. The number of aryl methyl sites for hydroxylation is 3. The van der Waals surface area contributed by atoms with Crippen molar-refractivity contribution in [2.75, 3.05) is 7.05 Å². The van der Waals surface area contributed by atoms with Crippen LogP contribution in [0, 0.1) is 13.8 Å². The second kappa shape index (κ2) is 5.88. The first-order valence-corrected chi connectivity index (χ1v) is 7.33. The molecule has 1 atom stereocenters. The van der Waals surface area contributed by atoms with Gasteiger partial charge in [0.15, 0.2) is 0 Å². The maximum Gasteiger partial charge on any atom is 0.0760 e. The number of nitrogens with zero attached hydrogens (tertiary/aromatic N) is 2. The molecule has 2 rings (SSSR count). The maximum atomic E-state index is 4.41. The van der Waals surface area contributed by atoms with Crippen LogP contribution in [0.15, 0.2) is 28.9 Å². The number of benzene rings is 1. The highest BCUT2D eigenvalue weighted by Gasteiger charge is 2.21. The van der Waals surface area contributed by atoms with Gasteiger partial charge in [-0.25, -0.2) is 0 Å². The Balaban J connectivity index is 2.52. The molecular formula is C15H20BrN3. The molecule has 0 saturated carbocycles. The lowest BCUT2D eigenvalue weighted by atomic mass is 9.97. The van der Waals surface area contributed by atoms with Gasteiger partial charge in [0.2, 0.25) is 0 Å². The van der Waals surface area contributed by atoms with Crippen molar-refractivity contribution >= 4 is 15.9 Å². The second-order valence-electron chi connectivity index (χ2n) is 4.78. The summed E-state index contributed by atoms with van der Waals surface area (Å²) in [5.74, 6) is 0. The van der Waals surface area contributed by atoms with E-state index in [2.05, 4.69) is 65.3 Å². The minimum absolute atomic E-state index is 0.150. The monoisotopic (exact) mass is 321 g/mol. The molecule has 0 aliphatic rings. The largest absolute Gasteiger partial charge is 0.308 e.